The molecule has 0 aromatic carbocycles. The molecule has 3 unspecified atom stereocenters. The number of aliphatic hydroxyl groups is 1. The van der Waals surface area contributed by atoms with Crippen molar-refractivity contribution in [1.82, 2.24) is 4.90 Å². The van der Waals surface area contributed by atoms with E-state index in [-0.39, 0.29) is 6.10 Å². The van der Waals surface area contributed by atoms with Gasteiger partial charge in [-0.2, -0.15) is 0 Å². The van der Waals surface area contributed by atoms with Crippen LogP contribution in [0.3, 0.4) is 0 Å². The van der Waals surface area contributed by atoms with E-state index in [2.05, 4.69) is 18.7 Å². The third-order valence-corrected chi connectivity index (χ3v) is 3.83. The summed E-state index contributed by atoms with van der Waals surface area (Å²) >= 11 is 0. The lowest BCUT2D eigenvalue weighted by Crippen LogP contribution is -2.45. The second-order valence-corrected chi connectivity index (χ2v) is 5.39. The highest BCUT2D eigenvalue weighted by atomic mass is 16.3. The highest BCUT2D eigenvalue weighted by Gasteiger charge is 2.33. The molecule has 1 N–H and O–H groups in total. The van der Waals surface area contributed by atoms with Gasteiger partial charge in [0, 0.05) is 19.1 Å². The van der Waals surface area contributed by atoms with Gasteiger partial charge in [0.15, 0.2) is 0 Å². The average Bonchev–Trinajstić information content (AvgIpc) is 2.94. The SMILES string of the molecule is CC1CCC(C)N(CC(O)C2CC2)C1. The minimum absolute atomic E-state index is 0.0530. The maximum absolute atomic E-state index is 9.90. The van der Waals surface area contributed by atoms with Crippen LogP contribution >= 0.6 is 0 Å². The number of β-amino-alcohol motifs (C(OH)–C–C–N with tert-alkyl or cyclic N) is 1. The first-order valence-electron chi connectivity index (χ1n) is 6.09. The first-order chi connectivity index (χ1) is 6.66. The Bertz CT molecular complexity index is 191. The van der Waals surface area contributed by atoms with Crippen LogP contribution < -0.4 is 0 Å². The second-order valence-electron chi connectivity index (χ2n) is 5.39. The monoisotopic (exact) mass is 197 g/mol. The fourth-order valence-electron chi connectivity index (χ4n) is 2.50. The van der Waals surface area contributed by atoms with E-state index in [1.165, 1.54) is 32.2 Å². The van der Waals surface area contributed by atoms with E-state index < -0.39 is 0 Å². The molecule has 1 aliphatic heterocycles. The molecule has 2 fully saturated rings. The van der Waals surface area contributed by atoms with Gasteiger partial charge in [-0.3, -0.25) is 4.90 Å². The molecule has 0 aromatic heterocycles. The Labute approximate surface area is 87.3 Å². The van der Waals surface area contributed by atoms with Gasteiger partial charge in [0.1, 0.15) is 0 Å². The van der Waals surface area contributed by atoms with Gasteiger partial charge >= 0.3 is 0 Å². The molecule has 1 aliphatic carbocycles. The molecular formula is C12H23NO. The largest absolute Gasteiger partial charge is 0.392 e. The first-order valence-corrected chi connectivity index (χ1v) is 6.09. The summed E-state index contributed by atoms with van der Waals surface area (Å²) in [7, 11) is 0. The van der Waals surface area contributed by atoms with Gasteiger partial charge in [-0.1, -0.05) is 6.92 Å². The molecule has 3 atom stereocenters. The van der Waals surface area contributed by atoms with Crippen molar-refractivity contribution < 1.29 is 5.11 Å². The lowest BCUT2D eigenvalue weighted by atomic mass is 9.94. The number of hydrogen-bond donors (Lipinski definition) is 1. The molecular weight excluding hydrogens is 174 g/mol. The summed E-state index contributed by atoms with van der Waals surface area (Å²) in [5.74, 6) is 1.44. The molecule has 2 nitrogen and oxygen atoms in total. The third-order valence-electron chi connectivity index (χ3n) is 3.83. The van der Waals surface area contributed by atoms with Crippen LogP contribution in [0, 0.1) is 11.8 Å². The van der Waals surface area contributed by atoms with Crippen LogP contribution in [0.15, 0.2) is 0 Å². The minimum atomic E-state index is -0.0530. The molecule has 0 radical (unpaired) electrons. The summed E-state index contributed by atoms with van der Waals surface area (Å²) in [5.41, 5.74) is 0. The van der Waals surface area contributed by atoms with Gasteiger partial charge < -0.3 is 5.11 Å². The topological polar surface area (TPSA) is 23.5 Å². The molecule has 0 aromatic rings. The fourth-order valence-corrected chi connectivity index (χ4v) is 2.50. The Balaban J connectivity index is 1.81. The number of piperidine rings is 1. The lowest BCUT2D eigenvalue weighted by Gasteiger charge is -2.37. The van der Waals surface area contributed by atoms with Gasteiger partial charge in [0.05, 0.1) is 6.10 Å². The van der Waals surface area contributed by atoms with Gasteiger partial charge in [0.2, 0.25) is 0 Å². The van der Waals surface area contributed by atoms with Crippen molar-refractivity contribution in [2.24, 2.45) is 11.8 Å². The van der Waals surface area contributed by atoms with Gasteiger partial charge in [-0.25, -0.2) is 0 Å². The Morgan fingerprint density at radius 3 is 2.57 bits per heavy atom. The van der Waals surface area contributed by atoms with Crippen molar-refractivity contribution in [3.8, 4) is 0 Å². The zero-order chi connectivity index (χ0) is 10.1. The smallest absolute Gasteiger partial charge is 0.0695 e. The number of aliphatic hydroxyl groups excluding tert-OH is 1. The van der Waals surface area contributed by atoms with E-state index in [1.54, 1.807) is 0 Å². The lowest BCUT2D eigenvalue weighted by molar-refractivity contribution is 0.0471. The summed E-state index contributed by atoms with van der Waals surface area (Å²) in [6.45, 7) is 6.72. The molecule has 1 heterocycles. The summed E-state index contributed by atoms with van der Waals surface area (Å²) < 4.78 is 0. The van der Waals surface area contributed by atoms with Gasteiger partial charge in [-0.15, -0.1) is 0 Å². The van der Waals surface area contributed by atoms with E-state index >= 15 is 0 Å². The zero-order valence-electron chi connectivity index (χ0n) is 9.45. The van der Waals surface area contributed by atoms with Crippen LogP contribution in [0.5, 0.6) is 0 Å². The quantitative estimate of drug-likeness (QED) is 0.746. The predicted molar refractivity (Wildman–Crippen MR) is 58.2 cm³/mol. The number of hydrogen-bond acceptors (Lipinski definition) is 2. The Hall–Kier alpha value is -0.0800. The van der Waals surface area contributed by atoms with Crippen LogP contribution in [0.25, 0.3) is 0 Å². The van der Waals surface area contributed by atoms with Gasteiger partial charge in [-0.05, 0) is 44.4 Å². The molecule has 82 valence electrons. The average molecular weight is 197 g/mol. The van der Waals surface area contributed by atoms with Crippen LogP contribution in [0.4, 0.5) is 0 Å². The molecule has 0 amide bonds. The predicted octanol–water partition coefficient (Wildman–Crippen LogP) is 1.88. The van der Waals surface area contributed by atoms with E-state index in [1.807, 2.05) is 0 Å². The van der Waals surface area contributed by atoms with Crippen LogP contribution in [-0.4, -0.2) is 35.2 Å². The molecule has 1 saturated carbocycles. The third kappa shape index (κ3) is 2.48. The Kier molecular flexibility index (Phi) is 3.13. The Morgan fingerprint density at radius 1 is 1.21 bits per heavy atom. The van der Waals surface area contributed by atoms with Crippen molar-refractivity contribution in [2.45, 2.75) is 51.7 Å². The minimum Gasteiger partial charge on any atom is -0.392 e. The molecule has 0 spiro atoms. The van der Waals surface area contributed by atoms with Crippen molar-refractivity contribution >= 4 is 0 Å². The van der Waals surface area contributed by atoms with E-state index in [0.717, 1.165) is 12.5 Å². The van der Waals surface area contributed by atoms with Crippen molar-refractivity contribution in [1.29, 1.82) is 0 Å². The second kappa shape index (κ2) is 4.19. The summed E-state index contributed by atoms with van der Waals surface area (Å²) in [5, 5.41) is 9.90. The van der Waals surface area contributed by atoms with Crippen LogP contribution in [0.2, 0.25) is 0 Å². The van der Waals surface area contributed by atoms with Crippen molar-refractivity contribution in [3.05, 3.63) is 0 Å². The highest BCUT2D eigenvalue weighted by molar-refractivity contribution is 4.86. The number of rotatable bonds is 3. The normalized spacial score (nSPS) is 37.1. The van der Waals surface area contributed by atoms with E-state index in [4.69, 9.17) is 0 Å². The van der Waals surface area contributed by atoms with Crippen LogP contribution in [0.1, 0.15) is 39.5 Å². The standard InChI is InChI=1S/C12H23NO/c1-9-3-4-10(2)13(7-9)8-12(14)11-5-6-11/h9-12,14H,3-8H2,1-2H3. The molecule has 2 rings (SSSR count). The molecule has 2 aliphatic rings. The summed E-state index contributed by atoms with van der Waals surface area (Å²) in [6, 6.07) is 0.680. The maximum Gasteiger partial charge on any atom is 0.0695 e. The molecule has 1 saturated heterocycles. The maximum atomic E-state index is 9.90. The molecule has 0 bridgehead atoms. The van der Waals surface area contributed by atoms with Crippen molar-refractivity contribution in [3.63, 3.8) is 0 Å². The summed E-state index contributed by atoms with van der Waals surface area (Å²) in [6.07, 6.45) is 5.11. The summed E-state index contributed by atoms with van der Waals surface area (Å²) in [4.78, 5) is 2.48. The fraction of sp³-hybridized carbons (Fsp3) is 1.00. The van der Waals surface area contributed by atoms with Gasteiger partial charge in [0.25, 0.3) is 0 Å². The Morgan fingerprint density at radius 2 is 1.93 bits per heavy atom. The van der Waals surface area contributed by atoms with E-state index in [9.17, 15) is 5.11 Å². The number of likely N-dealkylation sites (tertiary alicyclic amines) is 1. The molecule has 2 heteroatoms. The number of nitrogens with zero attached hydrogens (tertiary/aromatic N) is 1. The molecule has 14 heavy (non-hydrogen) atoms. The van der Waals surface area contributed by atoms with Crippen molar-refractivity contribution in [2.75, 3.05) is 13.1 Å². The zero-order valence-corrected chi connectivity index (χ0v) is 9.45. The highest BCUT2D eigenvalue weighted by Crippen LogP contribution is 2.33. The van der Waals surface area contributed by atoms with E-state index in [0.29, 0.717) is 12.0 Å². The first kappa shape index (κ1) is 10.4. The van der Waals surface area contributed by atoms with Crippen LogP contribution in [-0.2, 0) is 0 Å².